The topological polar surface area (TPSA) is 70.5 Å². The normalized spacial score (nSPS) is 11.3. The van der Waals surface area contributed by atoms with Crippen molar-refractivity contribution >= 4 is 46.7 Å². The van der Waals surface area contributed by atoms with Crippen molar-refractivity contribution in [3.05, 3.63) is 36.5 Å². The van der Waals surface area contributed by atoms with Gasteiger partial charge in [0, 0.05) is 50.4 Å². The van der Waals surface area contributed by atoms with E-state index >= 15 is 0 Å². The molecule has 2 aromatic rings. The highest BCUT2D eigenvalue weighted by molar-refractivity contribution is 14.0. The van der Waals surface area contributed by atoms with E-state index in [1.807, 2.05) is 20.8 Å². The fourth-order valence-electron chi connectivity index (χ4n) is 2.80. The van der Waals surface area contributed by atoms with Crippen molar-refractivity contribution in [2.45, 2.75) is 46.2 Å². The van der Waals surface area contributed by atoms with Gasteiger partial charge in [0.05, 0.1) is 0 Å². The minimum atomic E-state index is 0. The van der Waals surface area contributed by atoms with Gasteiger partial charge in [-0.2, -0.15) is 0 Å². The Kier molecular flexibility index (Phi) is 10.8. The lowest BCUT2D eigenvalue weighted by molar-refractivity contribution is -0.121. The summed E-state index contributed by atoms with van der Waals surface area (Å²) >= 11 is 0. The van der Waals surface area contributed by atoms with Gasteiger partial charge in [-0.15, -0.1) is 24.0 Å². The standard InChI is InChI=1S/C20H31N5O.HI/c1-4-21-20(23-13-10-19(26)24-16(2)3)22-12-7-14-25-15-11-17-8-5-6-9-18(17)25;/h5-6,8-9,11,15-16H,4,7,10,12-14H2,1-3H3,(H,24,26)(H2,21,22,23);1H. The highest BCUT2D eigenvalue weighted by Gasteiger charge is 2.04. The Labute approximate surface area is 179 Å². The fourth-order valence-corrected chi connectivity index (χ4v) is 2.80. The molecule has 0 spiro atoms. The molecule has 3 N–H and O–H groups in total. The highest BCUT2D eigenvalue weighted by atomic mass is 127. The summed E-state index contributed by atoms with van der Waals surface area (Å²) in [6.07, 6.45) is 3.53. The molecule has 0 bridgehead atoms. The average molecular weight is 485 g/mol. The van der Waals surface area contributed by atoms with Crippen LogP contribution in [0.25, 0.3) is 10.9 Å². The van der Waals surface area contributed by atoms with Crippen LogP contribution in [0.1, 0.15) is 33.6 Å². The van der Waals surface area contributed by atoms with Gasteiger partial charge in [-0.25, -0.2) is 0 Å². The van der Waals surface area contributed by atoms with E-state index in [2.05, 4.69) is 62.0 Å². The van der Waals surface area contributed by atoms with Crippen molar-refractivity contribution in [2.75, 3.05) is 19.6 Å². The van der Waals surface area contributed by atoms with Crippen LogP contribution in [0.2, 0.25) is 0 Å². The minimum absolute atomic E-state index is 0. The van der Waals surface area contributed by atoms with Gasteiger partial charge in [0.15, 0.2) is 5.96 Å². The van der Waals surface area contributed by atoms with E-state index in [1.165, 1.54) is 10.9 Å². The summed E-state index contributed by atoms with van der Waals surface area (Å²) in [5.41, 5.74) is 1.26. The zero-order valence-electron chi connectivity index (χ0n) is 16.5. The number of benzene rings is 1. The molecule has 0 radical (unpaired) electrons. The molecule has 0 aliphatic carbocycles. The van der Waals surface area contributed by atoms with Gasteiger partial charge in [-0.05, 0) is 44.7 Å². The van der Waals surface area contributed by atoms with Crippen LogP contribution in [0, 0.1) is 0 Å². The number of aryl methyl sites for hydroxylation is 1. The number of rotatable bonds is 9. The van der Waals surface area contributed by atoms with Crippen LogP contribution in [-0.2, 0) is 11.3 Å². The molecule has 150 valence electrons. The van der Waals surface area contributed by atoms with Crippen LogP contribution in [0.4, 0.5) is 0 Å². The summed E-state index contributed by atoms with van der Waals surface area (Å²) in [4.78, 5) is 16.3. The number of nitrogens with one attached hydrogen (secondary N) is 3. The third kappa shape index (κ3) is 8.19. The summed E-state index contributed by atoms with van der Waals surface area (Å²) in [7, 11) is 0. The van der Waals surface area contributed by atoms with Crippen molar-refractivity contribution in [1.82, 2.24) is 20.5 Å². The Hall–Kier alpha value is -1.77. The van der Waals surface area contributed by atoms with Gasteiger partial charge in [0.1, 0.15) is 0 Å². The molecule has 2 rings (SSSR count). The lowest BCUT2D eigenvalue weighted by Gasteiger charge is -2.12. The third-order valence-corrected chi connectivity index (χ3v) is 3.95. The number of fused-ring (bicyclic) bond motifs is 1. The van der Waals surface area contributed by atoms with E-state index in [-0.39, 0.29) is 35.9 Å². The van der Waals surface area contributed by atoms with Crippen LogP contribution < -0.4 is 16.0 Å². The summed E-state index contributed by atoms with van der Waals surface area (Å²) in [5.74, 6) is 0.824. The number of carbonyl (C=O) groups is 1. The van der Waals surface area contributed by atoms with Crippen LogP contribution in [0.5, 0.6) is 0 Å². The first-order valence-electron chi connectivity index (χ1n) is 9.45. The van der Waals surface area contributed by atoms with Crippen molar-refractivity contribution in [1.29, 1.82) is 0 Å². The monoisotopic (exact) mass is 485 g/mol. The maximum absolute atomic E-state index is 11.7. The van der Waals surface area contributed by atoms with Gasteiger partial charge >= 0.3 is 0 Å². The maximum atomic E-state index is 11.7. The quantitative estimate of drug-likeness (QED) is 0.221. The zero-order chi connectivity index (χ0) is 18.8. The first-order chi connectivity index (χ1) is 12.6. The van der Waals surface area contributed by atoms with E-state index in [1.54, 1.807) is 0 Å². The molecular formula is C20H32IN5O. The van der Waals surface area contributed by atoms with Crippen molar-refractivity contribution < 1.29 is 4.79 Å². The number of amides is 1. The van der Waals surface area contributed by atoms with Crippen molar-refractivity contribution in [3.63, 3.8) is 0 Å². The number of hydrogen-bond donors (Lipinski definition) is 3. The number of aliphatic imine (C=N–C) groups is 1. The van der Waals surface area contributed by atoms with Gasteiger partial charge in [-0.3, -0.25) is 9.79 Å². The maximum Gasteiger partial charge on any atom is 0.221 e. The van der Waals surface area contributed by atoms with E-state index in [4.69, 9.17) is 0 Å². The summed E-state index contributed by atoms with van der Waals surface area (Å²) in [6.45, 7) is 9.01. The number of hydrogen-bond acceptors (Lipinski definition) is 2. The second-order valence-electron chi connectivity index (χ2n) is 6.58. The van der Waals surface area contributed by atoms with Crippen molar-refractivity contribution in [3.8, 4) is 0 Å². The molecule has 0 fully saturated rings. The molecule has 27 heavy (non-hydrogen) atoms. The molecule has 1 amide bonds. The van der Waals surface area contributed by atoms with E-state index in [9.17, 15) is 4.79 Å². The van der Waals surface area contributed by atoms with E-state index < -0.39 is 0 Å². The molecule has 1 aromatic carbocycles. The van der Waals surface area contributed by atoms with Gasteiger partial charge in [-0.1, -0.05) is 18.2 Å². The van der Waals surface area contributed by atoms with E-state index in [0.29, 0.717) is 13.0 Å². The zero-order valence-corrected chi connectivity index (χ0v) is 18.8. The van der Waals surface area contributed by atoms with Crippen LogP contribution in [0.15, 0.2) is 41.5 Å². The first-order valence-corrected chi connectivity index (χ1v) is 9.45. The number of guanidine groups is 1. The van der Waals surface area contributed by atoms with Gasteiger partial charge in [0.2, 0.25) is 5.91 Å². The predicted octanol–water partition coefficient (Wildman–Crippen LogP) is 3.12. The summed E-state index contributed by atoms with van der Waals surface area (Å²) < 4.78 is 2.27. The number of para-hydroxylation sites is 1. The molecule has 0 atom stereocenters. The Morgan fingerprint density at radius 2 is 1.96 bits per heavy atom. The molecule has 0 aliphatic rings. The van der Waals surface area contributed by atoms with Gasteiger partial charge < -0.3 is 20.5 Å². The molecule has 6 nitrogen and oxygen atoms in total. The largest absolute Gasteiger partial charge is 0.357 e. The smallest absolute Gasteiger partial charge is 0.221 e. The number of aromatic nitrogens is 1. The van der Waals surface area contributed by atoms with Crippen LogP contribution >= 0.6 is 24.0 Å². The fraction of sp³-hybridized carbons (Fsp3) is 0.500. The molecule has 0 unspecified atom stereocenters. The molecule has 1 heterocycles. The van der Waals surface area contributed by atoms with Crippen molar-refractivity contribution in [2.24, 2.45) is 4.99 Å². The second-order valence-corrected chi connectivity index (χ2v) is 6.58. The lowest BCUT2D eigenvalue weighted by atomic mass is 10.2. The van der Waals surface area contributed by atoms with E-state index in [0.717, 1.165) is 32.0 Å². The second kappa shape index (κ2) is 12.6. The SMILES string of the molecule is CCNC(=NCCCn1ccc2ccccc21)NCCC(=O)NC(C)C.I. The summed E-state index contributed by atoms with van der Waals surface area (Å²) in [6, 6.07) is 10.7. The third-order valence-electron chi connectivity index (χ3n) is 3.95. The minimum Gasteiger partial charge on any atom is -0.357 e. The Morgan fingerprint density at radius 3 is 2.70 bits per heavy atom. The number of halogens is 1. The lowest BCUT2D eigenvalue weighted by Crippen LogP contribution is -2.40. The number of nitrogens with zero attached hydrogens (tertiary/aromatic N) is 2. The first kappa shape index (κ1) is 23.3. The van der Waals surface area contributed by atoms with Crippen LogP contribution in [0.3, 0.4) is 0 Å². The number of carbonyl (C=O) groups excluding carboxylic acids is 1. The molecule has 0 aliphatic heterocycles. The Morgan fingerprint density at radius 1 is 1.19 bits per heavy atom. The molecule has 0 saturated carbocycles. The van der Waals surface area contributed by atoms with Crippen LogP contribution in [-0.4, -0.2) is 42.1 Å². The molecule has 1 aromatic heterocycles. The average Bonchev–Trinajstić information content (AvgIpc) is 3.01. The predicted molar refractivity (Wildman–Crippen MR) is 124 cm³/mol. The van der Waals surface area contributed by atoms with Gasteiger partial charge in [0.25, 0.3) is 0 Å². The summed E-state index contributed by atoms with van der Waals surface area (Å²) in [5, 5.41) is 10.6. The molecule has 7 heteroatoms. The molecule has 0 saturated heterocycles. The molecular weight excluding hydrogens is 453 g/mol. The highest BCUT2D eigenvalue weighted by Crippen LogP contribution is 2.15. The Bertz CT molecular complexity index is 726. The Balaban J connectivity index is 0.00000364.